The van der Waals surface area contributed by atoms with Crippen LogP contribution < -0.4 is 5.32 Å². The number of aliphatic imine (C=N–C) groups is 1. The van der Waals surface area contributed by atoms with Gasteiger partial charge in [-0.15, -0.1) is 0 Å². The molecule has 0 saturated heterocycles. The summed E-state index contributed by atoms with van der Waals surface area (Å²) in [7, 11) is 0. The Hall–Kier alpha value is -0.710. The molecule has 0 aromatic rings. The maximum Gasteiger partial charge on any atom is 0.323 e. The molecule has 0 aromatic carbocycles. The SMILES string of the molecule is CCCCCCCN=C(SCC)N(CCCCCCC)C(=O)NC(C)(C)C. The highest BCUT2D eigenvalue weighted by Crippen LogP contribution is 2.14. The molecule has 0 unspecified atom stereocenters. The van der Waals surface area contributed by atoms with Crippen LogP contribution in [0, 0.1) is 0 Å². The van der Waals surface area contributed by atoms with Gasteiger partial charge in [0.1, 0.15) is 0 Å². The highest BCUT2D eigenvalue weighted by Gasteiger charge is 2.23. The number of amides is 2. The minimum absolute atomic E-state index is 0.0105. The molecule has 0 aliphatic heterocycles. The Bertz CT molecular complexity index is 405. The smallest absolute Gasteiger partial charge is 0.323 e. The normalized spacial score (nSPS) is 12.3. The molecule has 2 amide bonds. The maximum absolute atomic E-state index is 12.9. The number of thioether (sulfide) groups is 1. The molecular formula is C22H45N3OS. The van der Waals surface area contributed by atoms with Gasteiger partial charge in [-0.05, 0) is 39.4 Å². The molecule has 0 heterocycles. The summed E-state index contributed by atoms with van der Waals surface area (Å²) in [4.78, 5) is 19.6. The summed E-state index contributed by atoms with van der Waals surface area (Å²) in [5, 5.41) is 4.02. The summed E-state index contributed by atoms with van der Waals surface area (Å²) in [6.07, 6.45) is 12.2. The quantitative estimate of drug-likeness (QED) is 0.209. The lowest BCUT2D eigenvalue weighted by molar-refractivity contribution is 0.211. The molecular weight excluding hydrogens is 354 g/mol. The largest absolute Gasteiger partial charge is 0.333 e. The fourth-order valence-corrected chi connectivity index (χ4v) is 3.54. The van der Waals surface area contributed by atoms with E-state index < -0.39 is 0 Å². The molecule has 0 saturated carbocycles. The zero-order chi connectivity index (χ0) is 20.5. The number of nitrogens with one attached hydrogen (secondary N) is 1. The van der Waals surface area contributed by atoms with Crippen molar-refractivity contribution in [1.82, 2.24) is 10.2 Å². The van der Waals surface area contributed by atoms with Gasteiger partial charge in [-0.2, -0.15) is 0 Å². The summed E-state index contributed by atoms with van der Waals surface area (Å²) < 4.78 is 0. The molecule has 0 aliphatic carbocycles. The number of carbonyl (C=O) groups is 1. The van der Waals surface area contributed by atoms with Gasteiger partial charge >= 0.3 is 6.03 Å². The third-order valence-electron chi connectivity index (χ3n) is 4.23. The lowest BCUT2D eigenvalue weighted by Crippen LogP contribution is -2.50. The first kappa shape index (κ1) is 26.3. The summed E-state index contributed by atoms with van der Waals surface area (Å²) in [6.45, 7) is 14.3. The lowest BCUT2D eigenvalue weighted by Gasteiger charge is -2.29. The third kappa shape index (κ3) is 15.0. The number of hydrogen-bond donors (Lipinski definition) is 1. The van der Waals surface area contributed by atoms with Gasteiger partial charge in [0.05, 0.1) is 0 Å². The first-order chi connectivity index (χ1) is 12.9. The fourth-order valence-electron chi connectivity index (χ4n) is 2.77. The predicted molar refractivity (Wildman–Crippen MR) is 123 cm³/mol. The van der Waals surface area contributed by atoms with E-state index in [1.807, 2.05) is 25.7 Å². The van der Waals surface area contributed by atoms with Gasteiger partial charge in [0, 0.05) is 18.6 Å². The van der Waals surface area contributed by atoms with Gasteiger partial charge in [0.2, 0.25) is 0 Å². The van der Waals surface area contributed by atoms with Crippen LogP contribution in [0.15, 0.2) is 4.99 Å². The van der Waals surface area contributed by atoms with Crippen LogP contribution in [0.5, 0.6) is 0 Å². The standard InChI is InChI=1S/C22H45N3OS/c1-7-10-12-14-16-18-23-21(27-9-3)25(19-17-15-13-11-8-2)20(26)24-22(4,5)6/h7-19H2,1-6H3,(H,24,26). The van der Waals surface area contributed by atoms with E-state index in [9.17, 15) is 4.79 Å². The van der Waals surface area contributed by atoms with Crippen LogP contribution in [0.1, 0.15) is 106 Å². The molecule has 27 heavy (non-hydrogen) atoms. The number of hydrogen-bond acceptors (Lipinski definition) is 3. The molecule has 0 radical (unpaired) electrons. The zero-order valence-corrected chi connectivity index (χ0v) is 19.7. The number of urea groups is 1. The van der Waals surface area contributed by atoms with Crippen LogP contribution in [0.3, 0.4) is 0 Å². The van der Waals surface area contributed by atoms with E-state index in [1.54, 1.807) is 11.8 Å². The molecule has 0 aliphatic rings. The average molecular weight is 400 g/mol. The van der Waals surface area contributed by atoms with Crippen LogP contribution in [0.4, 0.5) is 4.79 Å². The number of rotatable bonds is 13. The fraction of sp³-hybridized carbons (Fsp3) is 0.909. The predicted octanol–water partition coefficient (Wildman–Crippen LogP) is 6.85. The average Bonchev–Trinajstić information content (AvgIpc) is 2.59. The van der Waals surface area contributed by atoms with Crippen LogP contribution in [0.25, 0.3) is 0 Å². The molecule has 0 spiro atoms. The Kier molecular flexibility index (Phi) is 15.8. The topological polar surface area (TPSA) is 44.7 Å². The van der Waals surface area contributed by atoms with Crippen molar-refractivity contribution >= 4 is 23.0 Å². The minimum atomic E-state index is -0.236. The Morgan fingerprint density at radius 1 is 0.889 bits per heavy atom. The van der Waals surface area contributed by atoms with Crippen molar-refractivity contribution in [2.75, 3.05) is 18.8 Å². The third-order valence-corrected chi connectivity index (χ3v) is 5.12. The molecule has 0 bridgehead atoms. The van der Waals surface area contributed by atoms with Crippen molar-refractivity contribution in [3.63, 3.8) is 0 Å². The first-order valence-electron chi connectivity index (χ1n) is 11.1. The van der Waals surface area contributed by atoms with Gasteiger partial charge < -0.3 is 5.32 Å². The Morgan fingerprint density at radius 2 is 1.44 bits per heavy atom. The van der Waals surface area contributed by atoms with Crippen molar-refractivity contribution in [2.24, 2.45) is 4.99 Å². The van der Waals surface area contributed by atoms with Crippen molar-refractivity contribution < 1.29 is 4.79 Å². The number of nitrogens with zero attached hydrogens (tertiary/aromatic N) is 2. The van der Waals surface area contributed by atoms with E-state index in [0.29, 0.717) is 0 Å². The van der Waals surface area contributed by atoms with E-state index in [1.165, 1.54) is 51.4 Å². The monoisotopic (exact) mass is 399 g/mol. The van der Waals surface area contributed by atoms with Crippen molar-refractivity contribution in [1.29, 1.82) is 0 Å². The summed E-state index contributed by atoms with van der Waals surface area (Å²) in [5.74, 6) is 0.934. The van der Waals surface area contributed by atoms with Gasteiger partial charge in [-0.3, -0.25) is 9.89 Å². The summed E-state index contributed by atoms with van der Waals surface area (Å²) in [6, 6.07) is -0.0105. The second kappa shape index (κ2) is 16.3. The van der Waals surface area contributed by atoms with E-state index in [0.717, 1.165) is 36.9 Å². The van der Waals surface area contributed by atoms with Crippen LogP contribution >= 0.6 is 11.8 Å². The number of amidine groups is 1. The molecule has 0 fully saturated rings. The van der Waals surface area contributed by atoms with Gasteiger partial charge in [0.15, 0.2) is 5.17 Å². The second-order valence-corrected chi connectivity index (χ2v) is 9.49. The van der Waals surface area contributed by atoms with Gasteiger partial charge in [0.25, 0.3) is 0 Å². The second-order valence-electron chi connectivity index (χ2n) is 8.26. The minimum Gasteiger partial charge on any atom is -0.333 e. The summed E-state index contributed by atoms with van der Waals surface area (Å²) >= 11 is 1.69. The Morgan fingerprint density at radius 3 is 1.96 bits per heavy atom. The van der Waals surface area contributed by atoms with Gasteiger partial charge in [-0.25, -0.2) is 4.79 Å². The molecule has 0 atom stereocenters. The zero-order valence-electron chi connectivity index (χ0n) is 18.9. The molecule has 160 valence electrons. The summed E-state index contributed by atoms with van der Waals surface area (Å²) in [5.41, 5.74) is -0.236. The van der Waals surface area contributed by atoms with E-state index in [-0.39, 0.29) is 11.6 Å². The van der Waals surface area contributed by atoms with Crippen molar-refractivity contribution in [2.45, 2.75) is 111 Å². The van der Waals surface area contributed by atoms with Crippen molar-refractivity contribution in [3.8, 4) is 0 Å². The van der Waals surface area contributed by atoms with E-state index >= 15 is 0 Å². The Balaban J connectivity index is 4.90. The van der Waals surface area contributed by atoms with Crippen molar-refractivity contribution in [3.05, 3.63) is 0 Å². The highest BCUT2D eigenvalue weighted by atomic mass is 32.2. The Labute approximate surface area is 173 Å². The molecule has 0 aromatic heterocycles. The molecule has 1 N–H and O–H groups in total. The van der Waals surface area contributed by atoms with Crippen LogP contribution in [-0.4, -0.2) is 40.5 Å². The lowest BCUT2D eigenvalue weighted by atomic mass is 10.1. The van der Waals surface area contributed by atoms with Crippen LogP contribution in [0.2, 0.25) is 0 Å². The van der Waals surface area contributed by atoms with Gasteiger partial charge in [-0.1, -0.05) is 83.9 Å². The number of unbranched alkanes of at least 4 members (excludes halogenated alkanes) is 8. The van der Waals surface area contributed by atoms with Crippen LogP contribution in [-0.2, 0) is 0 Å². The molecule has 4 nitrogen and oxygen atoms in total. The van der Waals surface area contributed by atoms with E-state index in [2.05, 4.69) is 26.1 Å². The number of carbonyl (C=O) groups excluding carboxylic acids is 1. The van der Waals surface area contributed by atoms with E-state index in [4.69, 9.17) is 4.99 Å². The first-order valence-corrected chi connectivity index (χ1v) is 12.1. The molecule has 5 heteroatoms. The maximum atomic E-state index is 12.9. The highest BCUT2D eigenvalue weighted by molar-refractivity contribution is 8.13. The molecule has 0 rings (SSSR count).